The summed E-state index contributed by atoms with van der Waals surface area (Å²) in [7, 11) is 0. The van der Waals surface area contributed by atoms with E-state index in [9.17, 15) is 0 Å². The highest BCUT2D eigenvalue weighted by atomic mass is 127. The predicted molar refractivity (Wildman–Crippen MR) is 253 cm³/mol. The van der Waals surface area contributed by atoms with Crippen LogP contribution < -0.4 is 0 Å². The smallest absolute Gasteiger partial charge is 0.126 e. The van der Waals surface area contributed by atoms with Crippen molar-refractivity contribution in [3.8, 4) is 54.5 Å². The number of thiazole rings is 2. The zero-order valence-electron chi connectivity index (χ0n) is 30.1. The molecule has 0 saturated heterocycles. The molecule has 0 atom stereocenters. The van der Waals surface area contributed by atoms with Gasteiger partial charge in [0, 0.05) is 28.3 Å². The lowest BCUT2D eigenvalue weighted by Crippen LogP contribution is -2.14. The van der Waals surface area contributed by atoms with E-state index < -0.39 is 12.7 Å². The lowest BCUT2D eigenvalue weighted by atomic mass is 9.82. The molecule has 266 valence electrons. The molecule has 3 aliphatic rings. The Labute approximate surface area is 342 Å². The second-order valence-corrected chi connectivity index (χ2v) is 45.8. The quantitative estimate of drug-likeness (QED) is 0.134. The van der Waals surface area contributed by atoms with E-state index in [2.05, 4.69) is 185 Å². The van der Waals surface area contributed by atoms with Crippen LogP contribution >= 0.6 is 77.7 Å². The standard InChI is InChI=1S/C44H37I2N3S4/c1-44(2)32-21-36-34(48-41(50-36)24-15-16-40-30(17-24)26-11-7-9-13-38(26)52(40,3,4)45)19-28(32)29-20-35-37(22-33(29)44)51-42(49-35)25-18-31-27-12-8-10-14-39(27)53(5,6,46)43(31)47-23-25/h7-23,52-53H,1-6H3. The number of benzene rings is 5. The maximum absolute atomic E-state index is 5.29. The maximum Gasteiger partial charge on any atom is 0.126 e. The van der Waals surface area contributed by atoms with Gasteiger partial charge in [0.2, 0.25) is 0 Å². The van der Waals surface area contributed by atoms with Gasteiger partial charge in [-0.1, -0.05) is 62.4 Å². The molecule has 0 spiro atoms. The molecule has 9 heteroatoms. The van der Waals surface area contributed by atoms with E-state index in [1.54, 1.807) is 11.3 Å². The number of nitrogens with zero attached hydrogens (tertiary/aromatic N) is 3. The van der Waals surface area contributed by atoms with E-state index in [1.807, 2.05) is 11.3 Å². The number of hydrogen-bond acceptors (Lipinski definition) is 5. The molecular formula is C44H37I2N3S4. The zero-order chi connectivity index (χ0) is 36.5. The fourth-order valence-corrected chi connectivity index (χ4v) is 22.2. The number of thiol groups is 2. The number of fused-ring (bicyclic) bond motifs is 11. The van der Waals surface area contributed by atoms with Gasteiger partial charge in [-0.05, 0) is 170 Å². The average molecular weight is 990 g/mol. The molecule has 3 aromatic heterocycles. The predicted octanol–water partition coefficient (Wildman–Crippen LogP) is 14.1. The van der Waals surface area contributed by atoms with E-state index in [0.29, 0.717) is 0 Å². The van der Waals surface area contributed by atoms with Crippen molar-refractivity contribution in [1.82, 2.24) is 15.0 Å². The molecule has 5 aromatic carbocycles. The van der Waals surface area contributed by atoms with Crippen LogP contribution in [0.5, 0.6) is 0 Å². The van der Waals surface area contributed by atoms with E-state index in [0.717, 1.165) is 26.6 Å². The van der Waals surface area contributed by atoms with Crippen LogP contribution in [0.1, 0.15) is 25.0 Å². The molecule has 11 rings (SSSR count). The van der Waals surface area contributed by atoms with Crippen LogP contribution in [0, 0.1) is 0 Å². The topological polar surface area (TPSA) is 38.7 Å². The molecule has 5 heterocycles. The Balaban J connectivity index is 0.999. The van der Waals surface area contributed by atoms with Crippen LogP contribution in [0.2, 0.25) is 0 Å². The van der Waals surface area contributed by atoms with Gasteiger partial charge in [0.25, 0.3) is 0 Å². The Morgan fingerprint density at radius 1 is 0.528 bits per heavy atom. The van der Waals surface area contributed by atoms with Gasteiger partial charge in [0.1, 0.15) is 10.0 Å². The van der Waals surface area contributed by atoms with E-state index in [-0.39, 0.29) is 5.41 Å². The fraction of sp³-hybridized carbons (Fsp3) is 0.159. The monoisotopic (exact) mass is 989 g/mol. The van der Waals surface area contributed by atoms with Crippen LogP contribution in [0.25, 0.3) is 75.0 Å². The Morgan fingerprint density at radius 3 is 1.66 bits per heavy atom. The number of aromatic nitrogens is 3. The van der Waals surface area contributed by atoms with Gasteiger partial charge in [-0.2, -0.15) is 6.33 Å². The second-order valence-electron chi connectivity index (χ2n) is 16.7. The second kappa shape index (κ2) is 10.3. The minimum absolute atomic E-state index is 0.132. The van der Waals surface area contributed by atoms with E-state index in [4.69, 9.17) is 15.0 Å². The number of pyridine rings is 1. The molecule has 0 radical (unpaired) electrons. The molecule has 0 fully saturated rings. The molecule has 0 bridgehead atoms. The Morgan fingerprint density at radius 2 is 1.04 bits per heavy atom. The van der Waals surface area contributed by atoms with Crippen molar-refractivity contribution in [2.24, 2.45) is 0 Å². The van der Waals surface area contributed by atoms with Crippen LogP contribution in [-0.4, -0.2) is 40.0 Å². The van der Waals surface area contributed by atoms with Gasteiger partial charge >= 0.3 is 0 Å². The van der Waals surface area contributed by atoms with E-state index >= 15 is 0 Å². The Kier molecular flexibility index (Phi) is 6.53. The number of halogens is 2. The van der Waals surface area contributed by atoms with Crippen LogP contribution in [0.3, 0.4) is 0 Å². The minimum atomic E-state index is -2.31. The van der Waals surface area contributed by atoms with Gasteiger partial charge in [-0.25, -0.2) is 16.3 Å². The molecule has 8 aromatic rings. The summed E-state index contributed by atoms with van der Waals surface area (Å²) in [6.45, 7) is 4.74. The molecular weight excluding hydrogens is 953 g/mol. The third kappa shape index (κ3) is 4.43. The van der Waals surface area contributed by atoms with Crippen molar-refractivity contribution in [3.05, 3.63) is 114 Å². The molecule has 53 heavy (non-hydrogen) atoms. The molecule has 1 aliphatic carbocycles. The summed E-state index contributed by atoms with van der Waals surface area (Å²) in [5.74, 6) is 0. The van der Waals surface area contributed by atoms with Crippen molar-refractivity contribution in [2.75, 3.05) is 25.0 Å². The first-order valence-corrected chi connectivity index (χ1v) is 31.2. The first-order chi connectivity index (χ1) is 25.1. The van der Waals surface area contributed by atoms with Crippen molar-refractivity contribution >= 4 is 98.2 Å². The molecule has 0 amide bonds. The molecule has 3 nitrogen and oxygen atoms in total. The summed E-state index contributed by atoms with van der Waals surface area (Å²) in [6.07, 6.45) is 7.31. The third-order valence-corrected chi connectivity index (χ3v) is 27.2. The number of hydrogen-bond donors (Lipinski definition) is 2. The van der Waals surface area contributed by atoms with Crippen LogP contribution in [-0.2, 0) is 5.41 Å². The summed E-state index contributed by atoms with van der Waals surface area (Å²) in [5, 5.41) is 3.36. The van der Waals surface area contributed by atoms with Crippen molar-refractivity contribution < 1.29 is 0 Å². The number of rotatable bonds is 2. The Bertz CT molecular complexity index is 2790. The highest BCUT2D eigenvalue weighted by molar-refractivity contribution is 14.2. The van der Waals surface area contributed by atoms with Gasteiger partial charge < -0.3 is 0 Å². The van der Waals surface area contributed by atoms with Crippen molar-refractivity contribution in [1.29, 1.82) is 0 Å². The van der Waals surface area contributed by atoms with Gasteiger partial charge in [0.05, 0.1) is 25.5 Å². The van der Waals surface area contributed by atoms with E-state index in [1.165, 1.54) is 79.2 Å². The summed E-state index contributed by atoms with van der Waals surface area (Å²) < 4.78 is 2.46. The van der Waals surface area contributed by atoms with Crippen molar-refractivity contribution in [3.63, 3.8) is 0 Å². The Hall–Kier alpha value is -2.81. The third-order valence-electron chi connectivity index (χ3n) is 12.1. The summed E-state index contributed by atoms with van der Waals surface area (Å²) >= 11 is 9.07. The lowest BCUT2D eigenvalue weighted by Gasteiger charge is -2.47. The first-order valence-electron chi connectivity index (χ1n) is 17.8. The van der Waals surface area contributed by atoms with Crippen molar-refractivity contribution in [2.45, 2.75) is 39.0 Å². The summed E-state index contributed by atoms with van der Waals surface area (Å²) in [5.41, 5.74) is 14.9. The van der Waals surface area contributed by atoms with Crippen LogP contribution in [0.4, 0.5) is 0 Å². The first kappa shape index (κ1) is 33.5. The fourth-order valence-electron chi connectivity index (χ4n) is 9.32. The van der Waals surface area contributed by atoms with Gasteiger partial charge in [-0.3, -0.25) is 4.98 Å². The highest BCUT2D eigenvalue weighted by Crippen LogP contribution is 2.88. The SMILES string of the molecule is CC1(C)c2cc3sc(-c4ccc5c(c4)-c4ccccc4[SH]5(C)(C)I)nc3cc2-c2cc3nc(-c4cnc5c(c4)-c4ccccc4[SH]5(C)(C)I)sc3cc21. The van der Waals surface area contributed by atoms with Crippen LogP contribution in [0.15, 0.2) is 123 Å². The largest absolute Gasteiger partial charge is 0.251 e. The maximum atomic E-state index is 5.29. The molecule has 0 saturated carbocycles. The average Bonchev–Trinajstić information content (AvgIpc) is 3.88. The highest BCUT2D eigenvalue weighted by Gasteiger charge is 2.44. The normalized spacial score (nSPS) is 19.9. The summed E-state index contributed by atoms with van der Waals surface area (Å²) in [6, 6.07) is 36.8. The lowest BCUT2D eigenvalue weighted by molar-refractivity contribution is 0.662. The zero-order valence-corrected chi connectivity index (χ0v) is 37.9. The molecule has 2 aliphatic heterocycles. The van der Waals surface area contributed by atoms with Gasteiger partial charge in [-0.15, -0.1) is 22.7 Å². The molecule has 0 N–H and O–H groups in total. The molecule has 0 unspecified atom stereocenters. The summed E-state index contributed by atoms with van der Waals surface area (Å²) in [4.78, 5) is 20.2. The minimum Gasteiger partial charge on any atom is -0.251 e. The van der Waals surface area contributed by atoms with Gasteiger partial charge in [0.15, 0.2) is 0 Å².